The average molecular weight is 264 g/mol. The Balaban J connectivity index is 2.25. The molecule has 0 aliphatic carbocycles. The van der Waals surface area contributed by atoms with E-state index >= 15 is 0 Å². The predicted molar refractivity (Wildman–Crippen MR) is 74.5 cm³/mol. The lowest BCUT2D eigenvalue weighted by Gasteiger charge is -2.19. The molecule has 1 aromatic rings. The number of aromatic amines is 1. The smallest absolute Gasteiger partial charge is 0.404 e. The summed E-state index contributed by atoms with van der Waals surface area (Å²) in [7, 11) is -0.467. The molecule has 0 bridgehead atoms. The molecule has 0 fully saturated rings. The Morgan fingerprint density at radius 3 is 2.26 bits per heavy atom. The van der Waals surface area contributed by atoms with Gasteiger partial charge in [0.1, 0.15) is 0 Å². The lowest BCUT2D eigenvalue weighted by molar-refractivity contribution is 0.0958. The molecule has 2 rings (SSSR count). The molecule has 0 radical (unpaired) electrons. The minimum absolute atomic E-state index is 0.00926. The zero-order valence-corrected chi connectivity index (χ0v) is 12.1. The summed E-state index contributed by atoms with van der Waals surface area (Å²) in [4.78, 5) is 15.0. The van der Waals surface area contributed by atoms with Crippen LogP contribution in [0.25, 0.3) is 0 Å². The second-order valence-corrected chi connectivity index (χ2v) is 5.45. The van der Waals surface area contributed by atoms with E-state index in [9.17, 15) is 4.79 Å². The third-order valence-corrected chi connectivity index (χ3v) is 2.94. The van der Waals surface area contributed by atoms with Gasteiger partial charge in [-0.1, -0.05) is 0 Å². The van der Waals surface area contributed by atoms with E-state index in [-0.39, 0.29) is 24.2 Å². The molecule has 6 heteroatoms. The quantitative estimate of drug-likeness (QED) is 0.789. The van der Waals surface area contributed by atoms with E-state index in [1.165, 1.54) is 0 Å². The van der Waals surface area contributed by atoms with Gasteiger partial charge >= 0.3 is 7.12 Å². The maximum Gasteiger partial charge on any atom is 0.511 e. The molecule has 0 spiro atoms. The highest BCUT2D eigenvalue weighted by Crippen LogP contribution is 2.22. The molecule has 0 saturated carbocycles. The van der Waals surface area contributed by atoms with Gasteiger partial charge in [-0.3, -0.25) is 4.79 Å². The van der Waals surface area contributed by atoms with Gasteiger partial charge in [0.2, 0.25) is 0 Å². The number of H-pyrrole nitrogens is 1. The van der Waals surface area contributed by atoms with Gasteiger partial charge in [0.25, 0.3) is 5.91 Å². The molecule has 1 unspecified atom stereocenters. The zero-order chi connectivity index (χ0) is 14.2. The second-order valence-electron chi connectivity index (χ2n) is 5.45. The van der Waals surface area contributed by atoms with Crippen LogP contribution in [-0.4, -0.2) is 30.2 Å². The number of aromatic nitrogens is 1. The molecule has 5 nitrogen and oxygen atoms in total. The Hall–Kier alpha value is -1.27. The van der Waals surface area contributed by atoms with E-state index in [0.29, 0.717) is 5.56 Å². The summed E-state index contributed by atoms with van der Waals surface area (Å²) in [6.45, 7) is 9.79. The van der Waals surface area contributed by atoms with Crippen molar-refractivity contribution >= 4 is 18.6 Å². The van der Waals surface area contributed by atoms with Crippen LogP contribution in [0.4, 0.5) is 0 Å². The fourth-order valence-electron chi connectivity index (χ4n) is 2.17. The zero-order valence-electron chi connectivity index (χ0n) is 12.1. The summed E-state index contributed by atoms with van der Waals surface area (Å²) in [6, 6.07) is 1.83. The third kappa shape index (κ3) is 3.01. The van der Waals surface area contributed by atoms with Crippen molar-refractivity contribution in [3.63, 3.8) is 0 Å². The molecule has 2 N–H and O–H groups in total. The molecule has 2 heterocycles. The summed E-state index contributed by atoms with van der Waals surface area (Å²) in [5.74, 6) is -0.0437. The van der Waals surface area contributed by atoms with Crippen LogP contribution < -0.4 is 10.9 Å². The third-order valence-electron chi connectivity index (χ3n) is 2.94. The Bertz CT molecular complexity index is 460. The van der Waals surface area contributed by atoms with Crippen molar-refractivity contribution in [2.45, 2.75) is 52.9 Å². The molecule has 1 aliphatic heterocycles. The van der Waals surface area contributed by atoms with Crippen LogP contribution in [0.5, 0.6) is 0 Å². The van der Waals surface area contributed by atoms with Gasteiger partial charge in [-0.05, 0) is 40.7 Å². The van der Waals surface area contributed by atoms with Crippen LogP contribution in [0.2, 0.25) is 0 Å². The summed E-state index contributed by atoms with van der Waals surface area (Å²) in [6.07, 6.45) is 0.0984. The molecule has 19 heavy (non-hydrogen) atoms. The minimum atomic E-state index is -0.467. The standard InChI is InChI=1S/C13H21BN2O3/c1-7(2)18-14(19-8(3)4)11-6-10-12(16-11)9(5)15-13(10)17/h6-9,16H,1-5H3,(H,15,17). The lowest BCUT2D eigenvalue weighted by atomic mass is 9.83. The summed E-state index contributed by atoms with van der Waals surface area (Å²) in [5, 5.41) is 2.86. The van der Waals surface area contributed by atoms with Crippen LogP contribution in [-0.2, 0) is 9.31 Å². The highest BCUT2D eigenvalue weighted by Gasteiger charge is 2.33. The van der Waals surface area contributed by atoms with Gasteiger partial charge in [-0.25, -0.2) is 0 Å². The van der Waals surface area contributed by atoms with Crippen LogP contribution in [0.15, 0.2) is 6.07 Å². The second kappa shape index (κ2) is 5.39. The first kappa shape index (κ1) is 14.2. The molecule has 0 saturated heterocycles. The number of nitrogens with one attached hydrogen (secondary N) is 2. The first-order chi connectivity index (χ1) is 8.88. The number of fused-ring (bicyclic) bond motifs is 1. The van der Waals surface area contributed by atoms with Crippen molar-refractivity contribution in [3.8, 4) is 0 Å². The van der Waals surface area contributed by atoms with Crippen molar-refractivity contribution in [1.29, 1.82) is 0 Å². The first-order valence-electron chi connectivity index (χ1n) is 6.73. The average Bonchev–Trinajstić information content (AvgIpc) is 2.80. The largest absolute Gasteiger partial charge is 0.511 e. The van der Waals surface area contributed by atoms with Crippen LogP contribution in [0.1, 0.15) is 56.7 Å². The number of carbonyl (C=O) groups is 1. The normalized spacial score (nSPS) is 18.1. The van der Waals surface area contributed by atoms with Crippen molar-refractivity contribution in [2.24, 2.45) is 0 Å². The van der Waals surface area contributed by atoms with Crippen molar-refractivity contribution in [3.05, 3.63) is 17.3 Å². The maximum absolute atomic E-state index is 11.7. The number of hydrogen-bond donors (Lipinski definition) is 2. The summed E-state index contributed by atoms with van der Waals surface area (Å²) >= 11 is 0. The van der Waals surface area contributed by atoms with Gasteiger partial charge in [0.15, 0.2) is 0 Å². The SMILES string of the molecule is CC(C)OB(OC(C)C)c1cc2c([nH]1)C(C)NC2=O. The van der Waals surface area contributed by atoms with Crippen molar-refractivity contribution in [1.82, 2.24) is 10.3 Å². The van der Waals surface area contributed by atoms with E-state index in [2.05, 4.69) is 10.3 Å². The van der Waals surface area contributed by atoms with E-state index in [0.717, 1.165) is 11.3 Å². The number of hydrogen-bond acceptors (Lipinski definition) is 3. The molecular formula is C13H21BN2O3. The topological polar surface area (TPSA) is 63.4 Å². The lowest BCUT2D eigenvalue weighted by Crippen LogP contribution is -2.42. The van der Waals surface area contributed by atoms with Gasteiger partial charge < -0.3 is 19.6 Å². The van der Waals surface area contributed by atoms with Crippen LogP contribution in [0, 0.1) is 0 Å². The van der Waals surface area contributed by atoms with E-state index in [4.69, 9.17) is 9.31 Å². The van der Waals surface area contributed by atoms with Gasteiger partial charge in [-0.2, -0.15) is 0 Å². The first-order valence-corrected chi connectivity index (χ1v) is 6.73. The van der Waals surface area contributed by atoms with Gasteiger partial charge in [0, 0.05) is 23.5 Å². The van der Waals surface area contributed by atoms with E-state index < -0.39 is 7.12 Å². The Kier molecular flexibility index (Phi) is 4.01. The van der Waals surface area contributed by atoms with Crippen LogP contribution >= 0.6 is 0 Å². The molecule has 1 aliphatic rings. The molecule has 1 aromatic heterocycles. The van der Waals surface area contributed by atoms with Crippen molar-refractivity contribution < 1.29 is 14.1 Å². The molecular weight excluding hydrogens is 243 g/mol. The molecule has 0 aromatic carbocycles. The Labute approximate surface area is 114 Å². The highest BCUT2D eigenvalue weighted by atomic mass is 16.6. The van der Waals surface area contributed by atoms with Gasteiger partial charge in [0.05, 0.1) is 11.6 Å². The molecule has 1 amide bonds. The number of rotatable bonds is 5. The van der Waals surface area contributed by atoms with Crippen LogP contribution in [0.3, 0.4) is 0 Å². The Morgan fingerprint density at radius 2 is 1.79 bits per heavy atom. The van der Waals surface area contributed by atoms with Gasteiger partial charge in [-0.15, -0.1) is 0 Å². The fourth-order valence-corrected chi connectivity index (χ4v) is 2.17. The van der Waals surface area contributed by atoms with E-state index in [1.807, 2.05) is 40.7 Å². The maximum atomic E-state index is 11.7. The summed E-state index contributed by atoms with van der Waals surface area (Å²) in [5.41, 5.74) is 2.39. The van der Waals surface area contributed by atoms with Crippen molar-refractivity contribution in [2.75, 3.05) is 0 Å². The molecule has 1 atom stereocenters. The monoisotopic (exact) mass is 264 g/mol. The fraction of sp³-hybridized carbons (Fsp3) is 0.615. The molecule has 104 valence electrons. The minimum Gasteiger partial charge on any atom is -0.404 e. The Morgan fingerprint density at radius 1 is 1.21 bits per heavy atom. The van der Waals surface area contributed by atoms with E-state index in [1.54, 1.807) is 0 Å². The number of carbonyl (C=O) groups excluding carboxylic acids is 1. The summed E-state index contributed by atoms with van der Waals surface area (Å²) < 4.78 is 11.5. The predicted octanol–water partition coefficient (Wildman–Crippen LogP) is 1.36. The highest BCUT2D eigenvalue weighted by molar-refractivity contribution is 6.60. The number of amides is 1.